The second-order valence-electron chi connectivity index (χ2n) is 5.79. The third-order valence-corrected chi connectivity index (χ3v) is 4.79. The van der Waals surface area contributed by atoms with E-state index in [4.69, 9.17) is 4.74 Å². The van der Waals surface area contributed by atoms with Crippen molar-refractivity contribution in [3.8, 4) is 17.0 Å². The normalized spacial score (nSPS) is 11.0. The standard InChI is InChI=1S/C19H17N3O4S/c1-26-16-9-5-14(6-10-16)19(23)20-15-7-3-13(4-8-15)17-11-12-18(22-21-17)27(2,24)25/h3-12H,1-2H3,(H,20,23). The van der Waals surface area contributed by atoms with E-state index in [2.05, 4.69) is 15.5 Å². The van der Waals surface area contributed by atoms with Gasteiger partial charge in [-0.05, 0) is 48.5 Å². The number of carbonyl (C=O) groups excluding carboxylic acids is 1. The van der Waals surface area contributed by atoms with E-state index in [0.29, 0.717) is 22.7 Å². The van der Waals surface area contributed by atoms with Gasteiger partial charge in [0.25, 0.3) is 5.91 Å². The number of anilines is 1. The van der Waals surface area contributed by atoms with Gasteiger partial charge >= 0.3 is 0 Å². The molecule has 0 aliphatic carbocycles. The van der Waals surface area contributed by atoms with E-state index in [0.717, 1.165) is 11.8 Å². The molecule has 1 aromatic heterocycles. The molecule has 27 heavy (non-hydrogen) atoms. The smallest absolute Gasteiger partial charge is 0.255 e. The lowest BCUT2D eigenvalue weighted by atomic mass is 10.1. The zero-order valence-corrected chi connectivity index (χ0v) is 15.5. The molecule has 0 unspecified atom stereocenters. The van der Waals surface area contributed by atoms with Gasteiger partial charge < -0.3 is 10.1 Å². The SMILES string of the molecule is COc1ccc(C(=O)Nc2ccc(-c3ccc(S(C)(=O)=O)nn3)cc2)cc1. The van der Waals surface area contributed by atoms with Crippen molar-refractivity contribution in [3.63, 3.8) is 0 Å². The molecule has 0 bridgehead atoms. The lowest BCUT2D eigenvalue weighted by Crippen LogP contribution is -2.11. The first-order valence-corrected chi connectivity index (χ1v) is 9.85. The number of aromatic nitrogens is 2. The number of hydrogen-bond donors (Lipinski definition) is 1. The molecule has 7 nitrogen and oxygen atoms in total. The molecule has 0 radical (unpaired) electrons. The van der Waals surface area contributed by atoms with Gasteiger partial charge in [-0.1, -0.05) is 12.1 Å². The van der Waals surface area contributed by atoms with E-state index in [9.17, 15) is 13.2 Å². The van der Waals surface area contributed by atoms with Crippen LogP contribution in [0.1, 0.15) is 10.4 Å². The van der Waals surface area contributed by atoms with Crippen molar-refractivity contribution in [2.75, 3.05) is 18.7 Å². The number of hydrogen-bond acceptors (Lipinski definition) is 6. The summed E-state index contributed by atoms with van der Waals surface area (Å²) in [6.07, 6.45) is 1.08. The van der Waals surface area contributed by atoms with E-state index in [1.54, 1.807) is 61.7 Å². The summed E-state index contributed by atoms with van der Waals surface area (Å²) in [4.78, 5) is 12.3. The Hall–Kier alpha value is -3.26. The van der Waals surface area contributed by atoms with E-state index in [1.807, 2.05) is 0 Å². The lowest BCUT2D eigenvalue weighted by molar-refractivity contribution is 0.102. The number of ether oxygens (including phenoxy) is 1. The first kappa shape index (κ1) is 18.5. The highest BCUT2D eigenvalue weighted by atomic mass is 32.2. The molecule has 0 saturated carbocycles. The fraction of sp³-hybridized carbons (Fsp3) is 0.105. The largest absolute Gasteiger partial charge is 0.497 e. The van der Waals surface area contributed by atoms with Crippen molar-refractivity contribution in [1.82, 2.24) is 10.2 Å². The average molecular weight is 383 g/mol. The van der Waals surface area contributed by atoms with Gasteiger partial charge in [-0.3, -0.25) is 4.79 Å². The highest BCUT2D eigenvalue weighted by Gasteiger charge is 2.10. The molecule has 1 amide bonds. The molecule has 2 aromatic carbocycles. The number of benzene rings is 2. The highest BCUT2D eigenvalue weighted by molar-refractivity contribution is 7.90. The van der Waals surface area contributed by atoms with Crippen LogP contribution in [0.15, 0.2) is 65.7 Å². The van der Waals surface area contributed by atoms with Crippen LogP contribution in [0.5, 0.6) is 5.75 Å². The van der Waals surface area contributed by atoms with Crippen LogP contribution in [-0.2, 0) is 9.84 Å². The van der Waals surface area contributed by atoms with Crippen LogP contribution in [0.25, 0.3) is 11.3 Å². The fourth-order valence-corrected chi connectivity index (χ4v) is 2.85. The molecule has 1 heterocycles. The van der Waals surface area contributed by atoms with Gasteiger partial charge in [-0.2, -0.15) is 0 Å². The zero-order valence-electron chi connectivity index (χ0n) is 14.7. The molecular weight excluding hydrogens is 366 g/mol. The molecule has 138 valence electrons. The molecule has 8 heteroatoms. The minimum Gasteiger partial charge on any atom is -0.497 e. The molecule has 0 aliphatic heterocycles. The number of rotatable bonds is 5. The number of methoxy groups -OCH3 is 1. The summed E-state index contributed by atoms with van der Waals surface area (Å²) in [6, 6.07) is 16.8. The Balaban J connectivity index is 1.72. The molecule has 0 saturated heterocycles. The third kappa shape index (κ3) is 4.48. The number of nitrogens with zero attached hydrogens (tertiary/aromatic N) is 2. The Morgan fingerprint density at radius 1 is 0.926 bits per heavy atom. The van der Waals surface area contributed by atoms with E-state index in [1.165, 1.54) is 6.07 Å². The van der Waals surface area contributed by atoms with Crippen molar-refractivity contribution in [2.45, 2.75) is 5.03 Å². The quantitative estimate of drug-likeness (QED) is 0.727. The Labute approximate surface area is 156 Å². The van der Waals surface area contributed by atoms with Gasteiger partial charge in [-0.25, -0.2) is 8.42 Å². The maximum absolute atomic E-state index is 12.3. The van der Waals surface area contributed by atoms with Crippen LogP contribution in [0.2, 0.25) is 0 Å². The summed E-state index contributed by atoms with van der Waals surface area (Å²) in [5.41, 5.74) is 2.43. The van der Waals surface area contributed by atoms with Gasteiger partial charge in [0.05, 0.1) is 12.8 Å². The van der Waals surface area contributed by atoms with Crippen LogP contribution in [-0.4, -0.2) is 37.9 Å². The summed E-state index contributed by atoms with van der Waals surface area (Å²) < 4.78 is 27.9. The summed E-state index contributed by atoms with van der Waals surface area (Å²) in [5.74, 6) is 0.446. The van der Waals surface area contributed by atoms with Crippen molar-refractivity contribution in [2.24, 2.45) is 0 Å². The summed E-state index contributed by atoms with van der Waals surface area (Å²) in [5, 5.41) is 10.4. The van der Waals surface area contributed by atoms with Crippen molar-refractivity contribution < 1.29 is 17.9 Å². The number of nitrogens with one attached hydrogen (secondary N) is 1. The topological polar surface area (TPSA) is 98.2 Å². The van der Waals surface area contributed by atoms with Gasteiger partial charge in [-0.15, -0.1) is 10.2 Å². The predicted molar refractivity (Wildman–Crippen MR) is 102 cm³/mol. The van der Waals surface area contributed by atoms with Crippen LogP contribution < -0.4 is 10.1 Å². The van der Waals surface area contributed by atoms with Crippen molar-refractivity contribution >= 4 is 21.4 Å². The Morgan fingerprint density at radius 3 is 2.11 bits per heavy atom. The van der Waals surface area contributed by atoms with Gasteiger partial charge in [0.15, 0.2) is 14.9 Å². The van der Waals surface area contributed by atoms with Crippen LogP contribution in [0.4, 0.5) is 5.69 Å². The number of sulfone groups is 1. The maximum atomic E-state index is 12.3. The summed E-state index contributed by atoms with van der Waals surface area (Å²) >= 11 is 0. The molecule has 0 aliphatic rings. The Morgan fingerprint density at radius 2 is 1.59 bits per heavy atom. The highest BCUT2D eigenvalue weighted by Crippen LogP contribution is 2.20. The number of amides is 1. The molecule has 1 N–H and O–H groups in total. The average Bonchev–Trinajstić information content (AvgIpc) is 2.68. The first-order valence-electron chi connectivity index (χ1n) is 7.96. The minimum absolute atomic E-state index is 0.0744. The monoisotopic (exact) mass is 383 g/mol. The molecule has 0 fully saturated rings. The van der Waals surface area contributed by atoms with Gasteiger partial charge in [0.2, 0.25) is 0 Å². The minimum atomic E-state index is -3.38. The van der Waals surface area contributed by atoms with Crippen LogP contribution in [0, 0.1) is 0 Å². The molecule has 0 atom stereocenters. The second-order valence-corrected chi connectivity index (χ2v) is 7.75. The molecule has 3 rings (SSSR count). The summed E-state index contributed by atoms with van der Waals surface area (Å²) in [7, 11) is -1.82. The van der Waals surface area contributed by atoms with Gasteiger partial charge in [0.1, 0.15) is 5.75 Å². The molecule has 0 spiro atoms. The Kier molecular flexibility index (Phi) is 5.18. The van der Waals surface area contributed by atoms with E-state index >= 15 is 0 Å². The number of carbonyl (C=O) groups is 1. The van der Waals surface area contributed by atoms with Crippen LogP contribution in [0.3, 0.4) is 0 Å². The third-order valence-electron chi connectivity index (χ3n) is 3.81. The lowest BCUT2D eigenvalue weighted by Gasteiger charge is -2.07. The van der Waals surface area contributed by atoms with E-state index in [-0.39, 0.29) is 10.9 Å². The zero-order chi connectivity index (χ0) is 19.4. The molecule has 3 aromatic rings. The van der Waals surface area contributed by atoms with Gasteiger partial charge in [0, 0.05) is 23.1 Å². The Bertz CT molecular complexity index is 1050. The van der Waals surface area contributed by atoms with Crippen LogP contribution >= 0.6 is 0 Å². The fourth-order valence-electron chi connectivity index (χ4n) is 2.34. The van der Waals surface area contributed by atoms with E-state index < -0.39 is 9.84 Å². The first-order chi connectivity index (χ1) is 12.9. The van der Waals surface area contributed by atoms with Crippen molar-refractivity contribution in [1.29, 1.82) is 0 Å². The predicted octanol–water partition coefficient (Wildman–Crippen LogP) is 2.81. The van der Waals surface area contributed by atoms with Crippen molar-refractivity contribution in [3.05, 3.63) is 66.2 Å². The maximum Gasteiger partial charge on any atom is 0.255 e. The summed E-state index contributed by atoms with van der Waals surface area (Å²) in [6.45, 7) is 0. The second kappa shape index (κ2) is 7.55. The molecular formula is C19H17N3O4S.